The van der Waals surface area contributed by atoms with Crippen molar-refractivity contribution in [2.24, 2.45) is 0 Å². The molecule has 146 valence electrons. The maximum Gasteiger partial charge on any atom is 0.325 e. The van der Waals surface area contributed by atoms with E-state index in [4.69, 9.17) is 0 Å². The van der Waals surface area contributed by atoms with E-state index in [1.54, 1.807) is 29.1 Å². The van der Waals surface area contributed by atoms with Crippen LogP contribution in [0.3, 0.4) is 0 Å². The lowest BCUT2D eigenvalue weighted by atomic mass is 10.1. The third kappa shape index (κ3) is 3.71. The van der Waals surface area contributed by atoms with Gasteiger partial charge in [0.1, 0.15) is 5.69 Å². The van der Waals surface area contributed by atoms with E-state index < -0.39 is 26.2 Å². The Kier molecular flexibility index (Phi) is 4.56. The molecule has 0 bridgehead atoms. The van der Waals surface area contributed by atoms with E-state index in [0.717, 1.165) is 11.9 Å². The lowest BCUT2D eigenvalue weighted by Gasteiger charge is -2.10. The lowest BCUT2D eigenvalue weighted by Crippen LogP contribution is -2.29. The van der Waals surface area contributed by atoms with Crippen molar-refractivity contribution >= 4 is 15.7 Å². The summed E-state index contributed by atoms with van der Waals surface area (Å²) >= 11 is 0. The van der Waals surface area contributed by atoms with E-state index in [1.807, 2.05) is 35.3 Å². The summed E-state index contributed by atoms with van der Waals surface area (Å²) in [6.45, 7) is 0. The molecule has 0 amide bonds. The van der Waals surface area contributed by atoms with Crippen molar-refractivity contribution in [3.8, 4) is 16.9 Å². The number of anilines is 1. The molecule has 4 aromatic rings. The van der Waals surface area contributed by atoms with Crippen molar-refractivity contribution in [1.82, 2.24) is 25.0 Å². The number of benzene rings is 2. The first kappa shape index (κ1) is 18.4. The number of sulfonamides is 1. The number of nitrogens with one attached hydrogen (secondary N) is 3. The molecule has 3 N–H and O–H groups in total. The number of nitrogens with zero attached hydrogens (tertiary/aromatic N) is 3. The molecule has 0 fully saturated rings. The van der Waals surface area contributed by atoms with Gasteiger partial charge in [0.05, 0.1) is 17.6 Å². The quantitative estimate of drug-likeness (QED) is 0.450. The maximum absolute atomic E-state index is 12.6. The number of hydrogen-bond donors (Lipinski definition) is 3. The summed E-state index contributed by atoms with van der Waals surface area (Å²) in [4.78, 5) is 26.4. The Balaban J connectivity index is 1.72. The van der Waals surface area contributed by atoms with E-state index in [9.17, 15) is 18.0 Å². The van der Waals surface area contributed by atoms with Crippen LogP contribution in [0.4, 0.5) is 5.69 Å². The minimum Gasteiger partial charge on any atom is -0.313 e. The molecule has 2 aromatic heterocycles. The molecule has 2 heterocycles. The molecule has 11 heteroatoms. The number of aromatic amines is 2. The second kappa shape index (κ2) is 7.20. The molecular formula is C18H14N6O4S. The standard InChI is InChI=1S/C18H14N6O4S/c25-17-16(10-19-18(26)20-17)29(27,28)22-14-9-5-4-8-13(14)15-11-24(23-21-15)12-6-2-1-3-7-12/h1-11,22H,(H2,19,20,25,26). The predicted molar refractivity (Wildman–Crippen MR) is 105 cm³/mol. The molecule has 0 aliphatic rings. The highest BCUT2D eigenvalue weighted by molar-refractivity contribution is 7.92. The highest BCUT2D eigenvalue weighted by Crippen LogP contribution is 2.28. The first-order valence-electron chi connectivity index (χ1n) is 8.36. The SMILES string of the molecule is O=c1[nH]cc(S(=O)(=O)Nc2ccccc2-c2cn(-c3ccccc3)nn2)c(=O)[nH]1. The largest absolute Gasteiger partial charge is 0.325 e. The van der Waals surface area contributed by atoms with Crippen LogP contribution in [0.2, 0.25) is 0 Å². The summed E-state index contributed by atoms with van der Waals surface area (Å²) < 4.78 is 29.2. The topological polar surface area (TPSA) is 143 Å². The van der Waals surface area contributed by atoms with Gasteiger partial charge in [0, 0.05) is 11.8 Å². The third-order valence-electron chi connectivity index (χ3n) is 4.04. The Labute approximate surface area is 163 Å². The molecule has 0 aliphatic carbocycles. The van der Waals surface area contributed by atoms with Gasteiger partial charge in [-0.05, 0) is 18.2 Å². The van der Waals surface area contributed by atoms with Crippen LogP contribution in [-0.2, 0) is 10.0 Å². The van der Waals surface area contributed by atoms with E-state index >= 15 is 0 Å². The molecule has 0 saturated carbocycles. The molecule has 0 unspecified atom stereocenters. The molecule has 0 saturated heterocycles. The Morgan fingerprint density at radius 2 is 1.69 bits per heavy atom. The van der Waals surface area contributed by atoms with Crippen molar-refractivity contribution in [1.29, 1.82) is 0 Å². The van der Waals surface area contributed by atoms with Gasteiger partial charge >= 0.3 is 5.69 Å². The molecule has 29 heavy (non-hydrogen) atoms. The van der Waals surface area contributed by atoms with Gasteiger partial charge in [0.2, 0.25) is 0 Å². The predicted octanol–water partition coefficient (Wildman–Crippen LogP) is 1.11. The van der Waals surface area contributed by atoms with Crippen LogP contribution >= 0.6 is 0 Å². The summed E-state index contributed by atoms with van der Waals surface area (Å²) in [6.07, 6.45) is 2.51. The summed E-state index contributed by atoms with van der Waals surface area (Å²) in [7, 11) is -4.26. The minimum absolute atomic E-state index is 0.207. The summed E-state index contributed by atoms with van der Waals surface area (Å²) in [5.41, 5.74) is 0.0876. The van der Waals surface area contributed by atoms with Gasteiger partial charge in [-0.1, -0.05) is 41.6 Å². The smallest absolute Gasteiger partial charge is 0.313 e. The fraction of sp³-hybridized carbons (Fsp3) is 0. The van der Waals surface area contributed by atoms with E-state index in [2.05, 4.69) is 20.0 Å². The third-order valence-corrected chi connectivity index (χ3v) is 5.41. The number of hydrogen-bond acceptors (Lipinski definition) is 6. The lowest BCUT2D eigenvalue weighted by molar-refractivity contribution is 0.599. The Morgan fingerprint density at radius 1 is 0.966 bits per heavy atom. The van der Waals surface area contributed by atoms with E-state index in [-0.39, 0.29) is 5.69 Å². The van der Waals surface area contributed by atoms with Crippen molar-refractivity contribution in [2.45, 2.75) is 4.90 Å². The molecule has 0 radical (unpaired) electrons. The van der Waals surface area contributed by atoms with Gasteiger partial charge in [-0.2, -0.15) is 0 Å². The fourth-order valence-corrected chi connectivity index (χ4v) is 3.77. The van der Waals surface area contributed by atoms with Crippen molar-refractivity contribution in [3.05, 3.63) is 87.8 Å². The van der Waals surface area contributed by atoms with Crippen LogP contribution in [0.25, 0.3) is 16.9 Å². The first-order chi connectivity index (χ1) is 13.9. The van der Waals surface area contributed by atoms with Crippen molar-refractivity contribution in [2.75, 3.05) is 4.72 Å². The van der Waals surface area contributed by atoms with Gasteiger partial charge in [0.15, 0.2) is 4.90 Å². The summed E-state index contributed by atoms with van der Waals surface area (Å²) in [5.74, 6) is 0. The average Bonchev–Trinajstić information content (AvgIpc) is 3.18. The van der Waals surface area contributed by atoms with Crippen LogP contribution in [0.15, 0.2) is 81.5 Å². The molecular weight excluding hydrogens is 396 g/mol. The average molecular weight is 410 g/mol. The molecule has 4 rings (SSSR count). The van der Waals surface area contributed by atoms with Gasteiger partial charge < -0.3 is 4.98 Å². The molecule has 10 nitrogen and oxygen atoms in total. The molecule has 2 aromatic carbocycles. The maximum atomic E-state index is 12.6. The van der Waals surface area contributed by atoms with Gasteiger partial charge in [-0.15, -0.1) is 5.10 Å². The van der Waals surface area contributed by atoms with Crippen LogP contribution in [0.1, 0.15) is 0 Å². The highest BCUT2D eigenvalue weighted by atomic mass is 32.2. The first-order valence-corrected chi connectivity index (χ1v) is 9.84. The summed E-state index contributed by atoms with van der Waals surface area (Å²) in [6, 6.07) is 15.9. The zero-order valence-electron chi connectivity index (χ0n) is 14.7. The van der Waals surface area contributed by atoms with Crippen molar-refractivity contribution in [3.63, 3.8) is 0 Å². The molecule has 0 atom stereocenters. The zero-order chi connectivity index (χ0) is 20.4. The zero-order valence-corrected chi connectivity index (χ0v) is 15.6. The molecule has 0 aliphatic heterocycles. The number of para-hydroxylation sites is 2. The van der Waals surface area contributed by atoms with Gasteiger partial charge in [-0.3, -0.25) is 14.5 Å². The highest BCUT2D eigenvalue weighted by Gasteiger charge is 2.21. The monoisotopic (exact) mass is 410 g/mol. The van der Waals surface area contributed by atoms with Gasteiger partial charge in [0.25, 0.3) is 15.6 Å². The normalized spacial score (nSPS) is 11.3. The summed E-state index contributed by atoms with van der Waals surface area (Å²) in [5, 5.41) is 8.20. The Bertz CT molecular complexity index is 1390. The van der Waals surface area contributed by atoms with Crippen LogP contribution < -0.4 is 16.0 Å². The number of H-pyrrole nitrogens is 2. The second-order valence-corrected chi connectivity index (χ2v) is 7.62. The second-order valence-electron chi connectivity index (χ2n) is 5.97. The van der Waals surface area contributed by atoms with Gasteiger partial charge in [-0.25, -0.2) is 17.9 Å². The fourth-order valence-electron chi connectivity index (χ4n) is 2.69. The Hall–Kier alpha value is -3.99. The number of aromatic nitrogens is 5. The van der Waals surface area contributed by atoms with Crippen LogP contribution in [0.5, 0.6) is 0 Å². The van der Waals surface area contributed by atoms with Crippen LogP contribution in [0, 0.1) is 0 Å². The van der Waals surface area contributed by atoms with E-state index in [0.29, 0.717) is 11.3 Å². The van der Waals surface area contributed by atoms with Crippen LogP contribution in [-0.4, -0.2) is 33.4 Å². The molecule has 0 spiro atoms. The van der Waals surface area contributed by atoms with Crippen molar-refractivity contribution < 1.29 is 8.42 Å². The Morgan fingerprint density at radius 3 is 2.45 bits per heavy atom. The minimum atomic E-state index is -4.26. The van der Waals surface area contributed by atoms with E-state index in [1.165, 1.54) is 6.07 Å². The number of rotatable bonds is 5.